The fourth-order valence-electron chi connectivity index (χ4n) is 2.29. The molecule has 1 fully saturated rings. The molecule has 116 valence electrons. The number of hydrogen-bond acceptors (Lipinski definition) is 4. The highest BCUT2D eigenvalue weighted by atomic mass is 32.1. The van der Waals surface area contributed by atoms with E-state index < -0.39 is 17.4 Å². The topological polar surface area (TPSA) is 87.7 Å². The van der Waals surface area contributed by atoms with E-state index >= 15 is 0 Å². The van der Waals surface area contributed by atoms with Crippen molar-refractivity contribution in [3.8, 4) is 0 Å². The van der Waals surface area contributed by atoms with Crippen molar-refractivity contribution in [1.82, 2.24) is 10.6 Å². The quantitative estimate of drug-likeness (QED) is 0.770. The standard InChI is InChI=1S/C14H20N2O4S/c1-3-9-4-5-21-10(9)6-15-13(19)16-11-7-20-8-14(11,2)12(17)18/h4-5,11H,3,6-8H2,1-2H3,(H,17,18)(H2,15,16,19). The fraction of sp³-hybridized carbons (Fsp3) is 0.571. The summed E-state index contributed by atoms with van der Waals surface area (Å²) in [6.07, 6.45) is 0.926. The first kappa shape index (κ1) is 15.8. The van der Waals surface area contributed by atoms with Gasteiger partial charge in [-0.3, -0.25) is 4.79 Å². The molecule has 2 heterocycles. The van der Waals surface area contributed by atoms with Gasteiger partial charge in [0.1, 0.15) is 5.41 Å². The van der Waals surface area contributed by atoms with Gasteiger partial charge < -0.3 is 20.5 Å². The lowest BCUT2D eigenvalue weighted by Crippen LogP contribution is -2.52. The average molecular weight is 312 g/mol. The molecule has 0 spiro atoms. The van der Waals surface area contributed by atoms with Crippen LogP contribution in [0.1, 0.15) is 24.3 Å². The van der Waals surface area contributed by atoms with Gasteiger partial charge in [-0.05, 0) is 30.4 Å². The van der Waals surface area contributed by atoms with Crippen LogP contribution >= 0.6 is 11.3 Å². The maximum Gasteiger partial charge on any atom is 0.315 e. The number of aliphatic carboxylic acids is 1. The largest absolute Gasteiger partial charge is 0.481 e. The lowest BCUT2D eigenvalue weighted by atomic mass is 9.85. The smallest absolute Gasteiger partial charge is 0.315 e. The number of aryl methyl sites for hydroxylation is 1. The molecule has 0 radical (unpaired) electrons. The third kappa shape index (κ3) is 3.36. The molecule has 1 aliphatic heterocycles. The molecular formula is C14H20N2O4S. The van der Waals surface area contributed by atoms with Crippen LogP contribution in [0.2, 0.25) is 0 Å². The average Bonchev–Trinajstić information content (AvgIpc) is 3.04. The molecule has 1 aromatic rings. The number of amides is 2. The van der Waals surface area contributed by atoms with Gasteiger partial charge in [0.2, 0.25) is 0 Å². The Balaban J connectivity index is 1.89. The first-order valence-electron chi connectivity index (χ1n) is 6.88. The molecule has 1 saturated heterocycles. The lowest BCUT2D eigenvalue weighted by molar-refractivity contribution is -0.148. The minimum absolute atomic E-state index is 0.109. The van der Waals surface area contributed by atoms with Crippen molar-refractivity contribution in [2.24, 2.45) is 5.41 Å². The summed E-state index contributed by atoms with van der Waals surface area (Å²) in [7, 11) is 0. The summed E-state index contributed by atoms with van der Waals surface area (Å²) < 4.78 is 5.20. The molecule has 7 heteroatoms. The van der Waals surface area contributed by atoms with Crippen LogP contribution in [0.25, 0.3) is 0 Å². The number of carboxylic acid groups (broad SMARTS) is 1. The van der Waals surface area contributed by atoms with Crippen LogP contribution in [0.5, 0.6) is 0 Å². The highest BCUT2D eigenvalue weighted by Crippen LogP contribution is 2.28. The second-order valence-corrected chi connectivity index (χ2v) is 6.34. The van der Waals surface area contributed by atoms with Crippen molar-refractivity contribution in [2.45, 2.75) is 32.9 Å². The number of hydrogen-bond donors (Lipinski definition) is 3. The van der Waals surface area contributed by atoms with E-state index in [-0.39, 0.29) is 19.2 Å². The van der Waals surface area contributed by atoms with Gasteiger partial charge >= 0.3 is 12.0 Å². The summed E-state index contributed by atoms with van der Waals surface area (Å²) in [4.78, 5) is 24.4. The van der Waals surface area contributed by atoms with Crippen molar-refractivity contribution in [3.05, 3.63) is 21.9 Å². The van der Waals surface area contributed by atoms with Gasteiger partial charge in [0.25, 0.3) is 0 Å². The van der Waals surface area contributed by atoms with Gasteiger partial charge in [-0.15, -0.1) is 11.3 Å². The third-order valence-corrected chi connectivity index (χ3v) is 4.84. The van der Waals surface area contributed by atoms with Gasteiger partial charge in [0.15, 0.2) is 0 Å². The highest BCUT2D eigenvalue weighted by Gasteiger charge is 2.47. The Morgan fingerprint density at radius 3 is 3.00 bits per heavy atom. The second-order valence-electron chi connectivity index (χ2n) is 5.34. The molecule has 2 amide bonds. The van der Waals surface area contributed by atoms with Crippen molar-refractivity contribution < 1.29 is 19.4 Å². The summed E-state index contributed by atoms with van der Waals surface area (Å²) in [6.45, 7) is 4.43. The van der Waals surface area contributed by atoms with E-state index in [1.165, 1.54) is 5.56 Å². The lowest BCUT2D eigenvalue weighted by Gasteiger charge is -2.25. The van der Waals surface area contributed by atoms with E-state index in [1.54, 1.807) is 18.3 Å². The molecular weight excluding hydrogens is 292 g/mol. The molecule has 0 aromatic carbocycles. The first-order chi connectivity index (χ1) is 9.97. The number of urea groups is 1. The number of ether oxygens (including phenoxy) is 1. The molecule has 21 heavy (non-hydrogen) atoms. The summed E-state index contributed by atoms with van der Waals surface area (Å²) >= 11 is 1.60. The zero-order valence-electron chi connectivity index (χ0n) is 12.1. The predicted octanol–water partition coefficient (Wildman–Crippen LogP) is 1.60. The van der Waals surface area contributed by atoms with Crippen molar-refractivity contribution >= 4 is 23.3 Å². The molecule has 1 aliphatic rings. The Morgan fingerprint density at radius 2 is 2.33 bits per heavy atom. The Hall–Kier alpha value is -1.60. The number of rotatable bonds is 5. The van der Waals surface area contributed by atoms with Crippen LogP contribution in [0, 0.1) is 5.41 Å². The van der Waals surface area contributed by atoms with Gasteiger partial charge in [-0.2, -0.15) is 0 Å². The van der Waals surface area contributed by atoms with Crippen LogP contribution in [0.3, 0.4) is 0 Å². The fourth-order valence-corrected chi connectivity index (χ4v) is 3.21. The number of carbonyl (C=O) groups excluding carboxylic acids is 1. The van der Waals surface area contributed by atoms with Gasteiger partial charge in [-0.25, -0.2) is 4.79 Å². The SMILES string of the molecule is CCc1ccsc1CNC(=O)NC1COCC1(C)C(=O)O. The number of carbonyl (C=O) groups is 2. The molecule has 6 nitrogen and oxygen atoms in total. The van der Waals surface area contributed by atoms with Gasteiger partial charge in [-0.1, -0.05) is 6.92 Å². The Kier molecular flexibility index (Phi) is 4.84. The monoisotopic (exact) mass is 312 g/mol. The molecule has 2 rings (SSSR count). The number of thiophene rings is 1. The maximum absolute atomic E-state index is 11.9. The Morgan fingerprint density at radius 1 is 1.57 bits per heavy atom. The van der Waals surface area contributed by atoms with Gasteiger partial charge in [0.05, 0.1) is 25.8 Å². The number of nitrogens with one attached hydrogen (secondary N) is 2. The van der Waals surface area contributed by atoms with Crippen molar-refractivity contribution in [1.29, 1.82) is 0 Å². The minimum atomic E-state index is -1.07. The molecule has 0 aliphatic carbocycles. The maximum atomic E-state index is 11.9. The van der Waals surface area contributed by atoms with E-state index in [0.29, 0.717) is 6.54 Å². The van der Waals surface area contributed by atoms with E-state index in [0.717, 1.165) is 11.3 Å². The van der Waals surface area contributed by atoms with Crippen molar-refractivity contribution in [2.75, 3.05) is 13.2 Å². The third-order valence-electron chi connectivity index (χ3n) is 3.88. The van der Waals surface area contributed by atoms with Crippen molar-refractivity contribution in [3.63, 3.8) is 0 Å². The van der Waals surface area contributed by atoms with Crippen LogP contribution in [-0.2, 0) is 22.5 Å². The summed E-state index contributed by atoms with van der Waals surface area (Å²) in [5.41, 5.74) is 0.148. The summed E-state index contributed by atoms with van der Waals surface area (Å²) in [5, 5.41) is 16.7. The van der Waals surface area contributed by atoms with E-state index in [1.807, 2.05) is 11.4 Å². The van der Waals surface area contributed by atoms with Crippen LogP contribution in [-0.4, -0.2) is 36.4 Å². The van der Waals surface area contributed by atoms with Crippen LogP contribution in [0.15, 0.2) is 11.4 Å². The summed E-state index contributed by atoms with van der Waals surface area (Å²) in [5.74, 6) is -0.961. The van der Waals surface area contributed by atoms with Gasteiger partial charge in [0, 0.05) is 4.88 Å². The molecule has 3 N–H and O–H groups in total. The number of carboxylic acids is 1. The van der Waals surface area contributed by atoms with E-state index in [4.69, 9.17) is 4.74 Å². The van der Waals surface area contributed by atoms with E-state index in [2.05, 4.69) is 17.6 Å². The Bertz CT molecular complexity index is 531. The predicted molar refractivity (Wildman–Crippen MR) is 79.4 cm³/mol. The Labute approximate surface area is 127 Å². The van der Waals surface area contributed by atoms with Crippen LogP contribution in [0.4, 0.5) is 4.79 Å². The minimum Gasteiger partial charge on any atom is -0.481 e. The normalized spacial score (nSPS) is 24.8. The molecule has 0 bridgehead atoms. The zero-order chi connectivity index (χ0) is 15.5. The second kappa shape index (κ2) is 6.44. The summed E-state index contributed by atoms with van der Waals surface area (Å²) in [6, 6.07) is 1.16. The van der Waals surface area contributed by atoms with E-state index in [9.17, 15) is 14.7 Å². The first-order valence-corrected chi connectivity index (χ1v) is 7.76. The molecule has 1 aromatic heterocycles. The molecule has 2 atom stereocenters. The molecule has 0 saturated carbocycles. The molecule has 2 unspecified atom stereocenters. The zero-order valence-corrected chi connectivity index (χ0v) is 13.0. The van der Waals surface area contributed by atoms with Crippen LogP contribution < -0.4 is 10.6 Å². The highest BCUT2D eigenvalue weighted by molar-refractivity contribution is 7.10.